The average molecular weight is 320 g/mol. The van der Waals surface area contributed by atoms with Crippen LogP contribution in [-0.2, 0) is 6.54 Å². The van der Waals surface area contributed by atoms with Gasteiger partial charge in [-0.3, -0.25) is 14.8 Å². The van der Waals surface area contributed by atoms with Crippen molar-refractivity contribution in [3.63, 3.8) is 0 Å². The van der Waals surface area contributed by atoms with Crippen LogP contribution in [0.1, 0.15) is 15.4 Å². The molecular formula is C14H10ClN3O2S. The summed E-state index contributed by atoms with van der Waals surface area (Å²) in [4.78, 5) is 21.1. The van der Waals surface area contributed by atoms with E-state index in [0.29, 0.717) is 20.6 Å². The maximum atomic E-state index is 12.0. The smallest absolute Gasteiger partial charge is 0.261 e. The molecule has 1 N–H and O–H groups in total. The monoisotopic (exact) mass is 319 g/mol. The van der Waals surface area contributed by atoms with Gasteiger partial charge in [-0.15, -0.1) is 11.3 Å². The van der Waals surface area contributed by atoms with Crippen molar-refractivity contribution in [2.24, 2.45) is 0 Å². The van der Waals surface area contributed by atoms with Crippen LogP contribution in [0.3, 0.4) is 0 Å². The first-order valence-corrected chi connectivity index (χ1v) is 7.29. The molecule has 0 radical (unpaired) electrons. The summed E-state index contributed by atoms with van der Waals surface area (Å²) in [5.41, 5.74) is 2.19. The second-order valence-electron chi connectivity index (χ2n) is 4.15. The van der Waals surface area contributed by atoms with E-state index in [-0.39, 0.29) is 12.5 Å². The van der Waals surface area contributed by atoms with Crippen LogP contribution in [0.25, 0.3) is 11.3 Å². The lowest BCUT2D eigenvalue weighted by molar-refractivity contribution is 0.0954. The van der Waals surface area contributed by atoms with Crippen LogP contribution < -0.4 is 5.32 Å². The number of rotatable bonds is 4. The Morgan fingerprint density at radius 2 is 2.14 bits per heavy atom. The quantitative estimate of drug-likeness (QED) is 0.800. The summed E-state index contributed by atoms with van der Waals surface area (Å²) in [6.07, 6.45) is 6.36. The largest absolute Gasteiger partial charge is 0.472 e. The molecule has 5 nitrogen and oxygen atoms in total. The van der Waals surface area contributed by atoms with Gasteiger partial charge in [0, 0.05) is 18.0 Å². The van der Waals surface area contributed by atoms with E-state index in [0.717, 1.165) is 5.56 Å². The number of aromatic nitrogens is 2. The minimum Gasteiger partial charge on any atom is -0.472 e. The summed E-state index contributed by atoms with van der Waals surface area (Å²) >= 11 is 7.06. The number of halogens is 1. The van der Waals surface area contributed by atoms with Crippen molar-refractivity contribution >= 4 is 28.8 Å². The number of amides is 1. The second-order valence-corrected chi connectivity index (χ2v) is 5.87. The normalized spacial score (nSPS) is 10.5. The van der Waals surface area contributed by atoms with Gasteiger partial charge in [0.25, 0.3) is 5.91 Å². The molecule has 3 aromatic heterocycles. The maximum Gasteiger partial charge on any atom is 0.261 e. The van der Waals surface area contributed by atoms with Gasteiger partial charge in [0.05, 0.1) is 39.7 Å². The summed E-state index contributed by atoms with van der Waals surface area (Å²) in [5, 5.41) is 2.81. The van der Waals surface area contributed by atoms with Crippen LogP contribution in [0.5, 0.6) is 0 Å². The Hall–Kier alpha value is -2.18. The van der Waals surface area contributed by atoms with Gasteiger partial charge in [0.15, 0.2) is 0 Å². The fourth-order valence-corrected chi connectivity index (χ4v) is 2.78. The Balaban J connectivity index is 1.75. The summed E-state index contributed by atoms with van der Waals surface area (Å²) in [7, 11) is 0. The Morgan fingerprint density at radius 1 is 1.29 bits per heavy atom. The number of hydrogen-bond donors (Lipinski definition) is 1. The first-order chi connectivity index (χ1) is 10.2. The third-order valence-corrected chi connectivity index (χ3v) is 4.01. The van der Waals surface area contributed by atoms with E-state index in [1.807, 2.05) is 0 Å². The highest BCUT2D eigenvalue weighted by atomic mass is 35.5. The van der Waals surface area contributed by atoms with Gasteiger partial charge < -0.3 is 9.73 Å². The highest BCUT2D eigenvalue weighted by molar-refractivity contribution is 7.17. The molecule has 0 atom stereocenters. The van der Waals surface area contributed by atoms with Crippen molar-refractivity contribution in [1.29, 1.82) is 0 Å². The van der Waals surface area contributed by atoms with Crippen molar-refractivity contribution in [2.75, 3.05) is 0 Å². The standard InChI is InChI=1S/C14H10ClN3O2S/c15-12-2-1-11(21-12)14(19)18-7-10-13(17-5-4-16-10)9-3-6-20-8-9/h1-6,8H,7H2,(H,18,19). The Labute approximate surface area is 129 Å². The molecule has 0 saturated heterocycles. The van der Waals surface area contributed by atoms with E-state index in [4.69, 9.17) is 16.0 Å². The minimum absolute atomic E-state index is 0.185. The van der Waals surface area contributed by atoms with Gasteiger partial charge in [0.2, 0.25) is 0 Å². The van der Waals surface area contributed by atoms with E-state index < -0.39 is 0 Å². The SMILES string of the molecule is O=C(NCc1nccnc1-c1ccoc1)c1ccc(Cl)s1. The molecule has 3 rings (SSSR count). The van der Waals surface area contributed by atoms with Gasteiger partial charge in [-0.2, -0.15) is 0 Å². The maximum absolute atomic E-state index is 12.0. The zero-order valence-electron chi connectivity index (χ0n) is 10.7. The molecule has 0 aromatic carbocycles. The second kappa shape index (κ2) is 6.07. The molecule has 3 heterocycles. The van der Waals surface area contributed by atoms with Crippen molar-refractivity contribution in [1.82, 2.24) is 15.3 Å². The Morgan fingerprint density at radius 3 is 2.86 bits per heavy atom. The number of thiophene rings is 1. The van der Waals surface area contributed by atoms with E-state index in [1.54, 1.807) is 43.1 Å². The van der Waals surface area contributed by atoms with Crippen LogP contribution in [0, 0.1) is 0 Å². The fourth-order valence-electron chi connectivity index (χ4n) is 1.82. The summed E-state index contributed by atoms with van der Waals surface area (Å²) < 4.78 is 5.64. The minimum atomic E-state index is -0.185. The lowest BCUT2D eigenvalue weighted by Crippen LogP contribution is -2.22. The number of nitrogens with one attached hydrogen (secondary N) is 1. The van der Waals surface area contributed by atoms with Gasteiger partial charge >= 0.3 is 0 Å². The molecule has 7 heteroatoms. The molecule has 0 saturated carbocycles. The van der Waals surface area contributed by atoms with Crippen LogP contribution >= 0.6 is 22.9 Å². The van der Waals surface area contributed by atoms with Crippen molar-refractivity contribution in [3.8, 4) is 11.3 Å². The number of nitrogens with zero attached hydrogens (tertiary/aromatic N) is 2. The first kappa shape index (κ1) is 13.8. The number of hydrogen-bond acceptors (Lipinski definition) is 5. The van der Waals surface area contributed by atoms with Crippen molar-refractivity contribution < 1.29 is 9.21 Å². The predicted molar refractivity (Wildman–Crippen MR) is 80.2 cm³/mol. The predicted octanol–water partition coefficient (Wildman–Crippen LogP) is 3.38. The van der Waals surface area contributed by atoms with Crippen LogP contribution in [-0.4, -0.2) is 15.9 Å². The Bertz CT molecular complexity index is 755. The zero-order valence-corrected chi connectivity index (χ0v) is 12.3. The van der Waals surface area contributed by atoms with Crippen molar-refractivity contribution in [3.05, 3.63) is 58.0 Å². The first-order valence-electron chi connectivity index (χ1n) is 6.10. The molecule has 21 heavy (non-hydrogen) atoms. The molecule has 0 bridgehead atoms. The van der Waals surface area contributed by atoms with E-state index in [9.17, 15) is 4.79 Å². The summed E-state index contributed by atoms with van der Waals surface area (Å²) in [5.74, 6) is -0.185. The topological polar surface area (TPSA) is 68.0 Å². The third kappa shape index (κ3) is 3.12. The lowest BCUT2D eigenvalue weighted by Gasteiger charge is -2.06. The third-order valence-electron chi connectivity index (χ3n) is 2.78. The Kier molecular flexibility index (Phi) is 3.98. The highest BCUT2D eigenvalue weighted by Crippen LogP contribution is 2.22. The number of carbonyl (C=O) groups excluding carboxylic acids is 1. The number of carbonyl (C=O) groups is 1. The highest BCUT2D eigenvalue weighted by Gasteiger charge is 2.12. The molecule has 0 spiro atoms. The fraction of sp³-hybridized carbons (Fsp3) is 0.0714. The van der Waals surface area contributed by atoms with Gasteiger partial charge in [-0.1, -0.05) is 11.6 Å². The molecule has 106 valence electrons. The van der Waals surface area contributed by atoms with E-state index >= 15 is 0 Å². The molecular weight excluding hydrogens is 310 g/mol. The molecule has 1 amide bonds. The molecule has 0 aliphatic carbocycles. The average Bonchev–Trinajstić information content (AvgIpc) is 3.16. The summed E-state index contributed by atoms with van der Waals surface area (Å²) in [6, 6.07) is 5.19. The zero-order chi connectivity index (χ0) is 14.7. The molecule has 3 aromatic rings. The molecule has 0 aliphatic rings. The molecule has 0 unspecified atom stereocenters. The van der Waals surface area contributed by atoms with Crippen LogP contribution in [0.4, 0.5) is 0 Å². The molecule has 0 fully saturated rings. The number of furan rings is 1. The van der Waals surface area contributed by atoms with Crippen LogP contribution in [0.2, 0.25) is 4.34 Å². The van der Waals surface area contributed by atoms with Crippen LogP contribution in [0.15, 0.2) is 47.5 Å². The van der Waals surface area contributed by atoms with E-state index in [1.165, 1.54) is 11.3 Å². The summed E-state index contributed by atoms with van der Waals surface area (Å²) in [6.45, 7) is 0.280. The van der Waals surface area contributed by atoms with E-state index in [2.05, 4.69) is 15.3 Å². The van der Waals surface area contributed by atoms with Gasteiger partial charge in [-0.05, 0) is 18.2 Å². The van der Waals surface area contributed by atoms with Gasteiger partial charge in [-0.25, -0.2) is 0 Å². The lowest BCUT2D eigenvalue weighted by atomic mass is 10.2. The van der Waals surface area contributed by atoms with Gasteiger partial charge in [0.1, 0.15) is 0 Å². The van der Waals surface area contributed by atoms with Crippen molar-refractivity contribution in [2.45, 2.75) is 6.54 Å². The molecule has 0 aliphatic heterocycles.